The summed E-state index contributed by atoms with van der Waals surface area (Å²) in [6, 6.07) is 8.37. The smallest absolute Gasteiger partial charge is 0.191 e. The van der Waals surface area contributed by atoms with Crippen LogP contribution in [0, 0.1) is 0 Å². The molecular weight excluding hydrogens is 288 g/mol. The first kappa shape index (κ1) is 16.1. The number of guanidine groups is 1. The van der Waals surface area contributed by atoms with Gasteiger partial charge in [0, 0.05) is 26.2 Å². The summed E-state index contributed by atoms with van der Waals surface area (Å²) in [7, 11) is 0. The van der Waals surface area contributed by atoms with Crippen molar-refractivity contribution in [3.8, 4) is 5.75 Å². The highest BCUT2D eigenvalue weighted by Crippen LogP contribution is 2.32. The number of fused-ring (bicyclic) bond motifs is 1. The molecule has 0 aliphatic carbocycles. The largest absolute Gasteiger partial charge is 0.486 e. The lowest BCUT2D eigenvalue weighted by Crippen LogP contribution is -2.46. The topological polar surface area (TPSA) is 57.7 Å². The number of ether oxygens (including phenoxy) is 1. The molecule has 2 heterocycles. The zero-order chi connectivity index (χ0) is 16.0. The molecule has 0 aromatic heterocycles. The van der Waals surface area contributed by atoms with Crippen molar-refractivity contribution in [3.63, 3.8) is 0 Å². The third-order valence-electron chi connectivity index (χ3n) is 4.47. The Kier molecular flexibility index (Phi) is 5.39. The molecule has 0 fully saturated rings. The van der Waals surface area contributed by atoms with Gasteiger partial charge in [-0.1, -0.05) is 18.2 Å². The number of hydrogen-bond donors (Lipinski definition) is 3. The molecule has 1 atom stereocenters. The van der Waals surface area contributed by atoms with Crippen molar-refractivity contribution in [1.29, 1.82) is 0 Å². The summed E-state index contributed by atoms with van der Waals surface area (Å²) in [5.74, 6) is 2.00. The van der Waals surface area contributed by atoms with Gasteiger partial charge in [0.15, 0.2) is 5.96 Å². The lowest BCUT2D eigenvalue weighted by atomic mass is 9.92. The van der Waals surface area contributed by atoms with Gasteiger partial charge in [-0.25, -0.2) is 0 Å². The monoisotopic (exact) mass is 316 g/mol. The van der Waals surface area contributed by atoms with Crippen molar-refractivity contribution in [2.24, 2.45) is 4.99 Å². The van der Waals surface area contributed by atoms with Gasteiger partial charge in [-0.05, 0) is 50.8 Å². The summed E-state index contributed by atoms with van der Waals surface area (Å²) in [4.78, 5) is 4.41. The summed E-state index contributed by atoms with van der Waals surface area (Å²) in [6.45, 7) is 6.99. The van der Waals surface area contributed by atoms with E-state index in [1.165, 1.54) is 5.56 Å². The van der Waals surface area contributed by atoms with Crippen LogP contribution in [0.2, 0.25) is 0 Å². The maximum atomic E-state index is 6.21. The van der Waals surface area contributed by atoms with E-state index in [0.29, 0.717) is 0 Å². The second-order valence-corrected chi connectivity index (χ2v) is 6.63. The van der Waals surface area contributed by atoms with Crippen LogP contribution in [0.15, 0.2) is 29.3 Å². The number of para-hydroxylation sites is 1. The fraction of sp³-hybridized carbons (Fsp3) is 0.611. The SMILES string of the molecule is CC1(CNCCCNC2=NCCCN2)CCc2ccccc2O1. The van der Waals surface area contributed by atoms with Crippen molar-refractivity contribution in [2.45, 2.75) is 38.2 Å². The Hall–Kier alpha value is -1.75. The molecule has 1 aromatic carbocycles. The number of aryl methyl sites for hydroxylation is 1. The molecular formula is C18H28N4O. The average Bonchev–Trinajstić information content (AvgIpc) is 2.59. The van der Waals surface area contributed by atoms with Crippen LogP contribution >= 0.6 is 0 Å². The number of nitrogens with one attached hydrogen (secondary N) is 3. The molecule has 3 N–H and O–H groups in total. The van der Waals surface area contributed by atoms with Crippen molar-refractivity contribution >= 4 is 5.96 Å². The van der Waals surface area contributed by atoms with Crippen LogP contribution in [0.3, 0.4) is 0 Å². The van der Waals surface area contributed by atoms with Gasteiger partial charge in [0.2, 0.25) is 0 Å². The van der Waals surface area contributed by atoms with E-state index in [2.05, 4.69) is 46.1 Å². The minimum Gasteiger partial charge on any atom is -0.486 e. The minimum absolute atomic E-state index is 0.100. The average molecular weight is 316 g/mol. The van der Waals surface area contributed by atoms with Crippen molar-refractivity contribution in [2.75, 3.05) is 32.7 Å². The number of rotatable bonds is 6. The predicted molar refractivity (Wildman–Crippen MR) is 94.2 cm³/mol. The highest BCUT2D eigenvalue weighted by Gasteiger charge is 2.30. The molecule has 0 bridgehead atoms. The van der Waals surface area contributed by atoms with E-state index >= 15 is 0 Å². The van der Waals surface area contributed by atoms with Crippen LogP contribution < -0.4 is 20.7 Å². The molecule has 2 aliphatic heterocycles. The number of benzene rings is 1. The van der Waals surface area contributed by atoms with Crippen LogP contribution in [0.5, 0.6) is 5.75 Å². The second kappa shape index (κ2) is 7.68. The van der Waals surface area contributed by atoms with Gasteiger partial charge >= 0.3 is 0 Å². The summed E-state index contributed by atoms with van der Waals surface area (Å²) >= 11 is 0. The Morgan fingerprint density at radius 3 is 3.09 bits per heavy atom. The van der Waals surface area contributed by atoms with Crippen molar-refractivity contribution in [3.05, 3.63) is 29.8 Å². The zero-order valence-electron chi connectivity index (χ0n) is 14.0. The molecule has 2 aliphatic rings. The minimum atomic E-state index is -0.100. The molecule has 0 saturated carbocycles. The molecule has 5 nitrogen and oxygen atoms in total. The molecule has 0 saturated heterocycles. The molecule has 0 radical (unpaired) electrons. The first-order valence-electron chi connectivity index (χ1n) is 8.75. The Labute approximate surface area is 138 Å². The van der Waals surface area contributed by atoms with E-state index in [1.807, 2.05) is 6.07 Å². The van der Waals surface area contributed by atoms with E-state index in [1.54, 1.807) is 0 Å². The van der Waals surface area contributed by atoms with Gasteiger partial charge in [-0.15, -0.1) is 0 Å². The Balaban J connectivity index is 1.33. The zero-order valence-corrected chi connectivity index (χ0v) is 14.0. The highest BCUT2D eigenvalue weighted by atomic mass is 16.5. The van der Waals surface area contributed by atoms with Crippen LogP contribution in [-0.2, 0) is 6.42 Å². The lowest BCUT2D eigenvalue weighted by molar-refractivity contribution is 0.0648. The summed E-state index contributed by atoms with van der Waals surface area (Å²) in [5, 5.41) is 10.2. The standard InChI is InChI=1S/C18H28N4O/c1-18(9-8-15-6-2-3-7-16(15)23-18)14-19-10-4-11-20-17-21-12-5-13-22-17/h2-3,6-7,19H,4-5,8-14H2,1H3,(H2,20,21,22). The fourth-order valence-corrected chi connectivity index (χ4v) is 3.07. The molecule has 1 unspecified atom stereocenters. The maximum Gasteiger partial charge on any atom is 0.191 e. The number of hydrogen-bond acceptors (Lipinski definition) is 5. The quantitative estimate of drug-likeness (QED) is 0.699. The van der Waals surface area contributed by atoms with Gasteiger partial charge in [-0.2, -0.15) is 0 Å². The van der Waals surface area contributed by atoms with Crippen LogP contribution in [-0.4, -0.2) is 44.3 Å². The van der Waals surface area contributed by atoms with E-state index in [0.717, 1.165) is 70.1 Å². The van der Waals surface area contributed by atoms with Crippen molar-refractivity contribution in [1.82, 2.24) is 16.0 Å². The molecule has 23 heavy (non-hydrogen) atoms. The van der Waals surface area contributed by atoms with Gasteiger partial charge in [0.05, 0.1) is 0 Å². The van der Waals surface area contributed by atoms with Gasteiger partial charge in [0.1, 0.15) is 11.4 Å². The first-order chi connectivity index (χ1) is 11.3. The molecule has 1 aromatic rings. The Morgan fingerprint density at radius 1 is 1.30 bits per heavy atom. The van der Waals surface area contributed by atoms with Gasteiger partial charge in [-0.3, -0.25) is 4.99 Å². The van der Waals surface area contributed by atoms with Gasteiger partial charge < -0.3 is 20.7 Å². The van der Waals surface area contributed by atoms with Crippen molar-refractivity contribution < 1.29 is 4.74 Å². The number of nitrogens with zero attached hydrogens (tertiary/aromatic N) is 1. The van der Waals surface area contributed by atoms with E-state index in [9.17, 15) is 0 Å². The summed E-state index contributed by atoms with van der Waals surface area (Å²) in [5.41, 5.74) is 1.23. The molecule has 0 amide bonds. The molecule has 3 rings (SSSR count). The molecule has 0 spiro atoms. The Morgan fingerprint density at radius 2 is 2.22 bits per heavy atom. The lowest BCUT2D eigenvalue weighted by Gasteiger charge is -2.36. The first-order valence-corrected chi connectivity index (χ1v) is 8.75. The van der Waals surface area contributed by atoms with Crippen LogP contribution in [0.25, 0.3) is 0 Å². The van der Waals surface area contributed by atoms with Crippen LogP contribution in [0.4, 0.5) is 0 Å². The fourth-order valence-electron chi connectivity index (χ4n) is 3.07. The van der Waals surface area contributed by atoms with E-state index in [-0.39, 0.29) is 5.60 Å². The molecule has 5 heteroatoms. The van der Waals surface area contributed by atoms with E-state index < -0.39 is 0 Å². The van der Waals surface area contributed by atoms with Gasteiger partial charge in [0.25, 0.3) is 0 Å². The van der Waals surface area contributed by atoms with Crippen LogP contribution in [0.1, 0.15) is 31.7 Å². The van der Waals surface area contributed by atoms with E-state index in [4.69, 9.17) is 4.74 Å². The Bertz CT molecular complexity index is 546. The summed E-state index contributed by atoms with van der Waals surface area (Å²) in [6.07, 6.45) is 4.37. The third kappa shape index (κ3) is 4.61. The summed E-state index contributed by atoms with van der Waals surface area (Å²) < 4.78 is 6.21. The number of aliphatic imine (C=N–C) groups is 1. The molecule has 126 valence electrons. The maximum absolute atomic E-state index is 6.21. The second-order valence-electron chi connectivity index (χ2n) is 6.63. The third-order valence-corrected chi connectivity index (χ3v) is 4.47. The normalized spacial score (nSPS) is 23.3. The predicted octanol–water partition coefficient (Wildman–Crippen LogP) is 1.69. The highest BCUT2D eigenvalue weighted by molar-refractivity contribution is 5.80.